The first kappa shape index (κ1) is 34.9. The lowest BCUT2D eigenvalue weighted by Crippen LogP contribution is -2.18. The van der Waals surface area contributed by atoms with E-state index in [2.05, 4.69) is 20.6 Å². The largest absolute Gasteiger partial charge is 0.416 e. The average Bonchev–Trinajstić information content (AvgIpc) is 3.65. The molecule has 2 amide bonds. The Morgan fingerprint density at radius 2 is 1.14 bits per heavy atom. The summed E-state index contributed by atoms with van der Waals surface area (Å²) in [7, 11) is 0. The lowest BCUT2D eigenvalue weighted by atomic mass is 10.2. The van der Waals surface area contributed by atoms with Crippen LogP contribution in [0.15, 0.2) is 97.6 Å². The number of hydrogen-bond acceptors (Lipinski definition) is 7. The highest BCUT2D eigenvalue weighted by atomic mass is 19.4. The van der Waals surface area contributed by atoms with Crippen molar-refractivity contribution in [3.63, 3.8) is 0 Å². The fourth-order valence-corrected chi connectivity index (χ4v) is 4.84. The topological polar surface area (TPSA) is 163 Å². The molecule has 50 heavy (non-hydrogen) atoms. The number of nitrogens with two attached hydrogens (primary N) is 1. The number of rotatable bonds is 7. The van der Waals surface area contributed by atoms with E-state index < -0.39 is 40.2 Å². The molecule has 0 saturated carbocycles. The summed E-state index contributed by atoms with van der Waals surface area (Å²) in [6, 6.07) is 18.2. The molecule has 2 heterocycles. The molecule has 0 saturated heterocycles. The van der Waals surface area contributed by atoms with Crippen molar-refractivity contribution in [1.82, 2.24) is 19.1 Å². The van der Waals surface area contributed by atoms with Gasteiger partial charge in [0.25, 0.3) is 5.69 Å². The molecule has 258 valence electrons. The molecule has 4 N–H and O–H groups in total. The van der Waals surface area contributed by atoms with Gasteiger partial charge in [0.2, 0.25) is 11.8 Å². The van der Waals surface area contributed by atoms with E-state index in [0.29, 0.717) is 22.2 Å². The number of fused-ring (bicyclic) bond motifs is 2. The standard InChI is InChI=1S/C16H11F3N4O3.C16H13F3N4O/c17-16(18,19)10-3-1-4-11(7-10)21-14(24)8-22-9-20-15-12(22)5-2-6-13(15)23(25)26;17-16(18,19)10-3-1-4-11(7-10)22-14(24)8-23-9-21-15-12(20)5-2-6-13(15)23/h1-7,9H,8H2,(H,21,24);1-7,9H,8,20H2,(H,22,24). The first-order valence-electron chi connectivity index (χ1n) is 14.3. The van der Waals surface area contributed by atoms with Crippen molar-refractivity contribution in [1.29, 1.82) is 0 Å². The Balaban J connectivity index is 0.000000195. The molecule has 18 heteroatoms. The summed E-state index contributed by atoms with van der Waals surface area (Å²) in [5, 5.41) is 15.8. The summed E-state index contributed by atoms with van der Waals surface area (Å²) in [5.74, 6) is -1.05. The Kier molecular flexibility index (Phi) is 9.73. The van der Waals surface area contributed by atoms with Gasteiger partial charge in [0.05, 0.1) is 45.4 Å². The molecule has 0 atom stereocenters. The Morgan fingerprint density at radius 3 is 1.62 bits per heavy atom. The molecule has 0 bridgehead atoms. The number of imidazole rings is 2. The van der Waals surface area contributed by atoms with Crippen LogP contribution >= 0.6 is 0 Å². The second-order valence-corrected chi connectivity index (χ2v) is 10.6. The van der Waals surface area contributed by atoms with E-state index >= 15 is 0 Å². The maximum atomic E-state index is 12.7. The number of carbonyl (C=O) groups is 2. The molecule has 0 aliphatic carbocycles. The van der Waals surface area contributed by atoms with Gasteiger partial charge >= 0.3 is 12.4 Å². The number of nitrogens with zero attached hydrogens (tertiary/aromatic N) is 5. The smallest absolute Gasteiger partial charge is 0.397 e. The van der Waals surface area contributed by atoms with Crippen LogP contribution in [-0.4, -0.2) is 35.8 Å². The molecule has 0 aliphatic rings. The molecular formula is C32H24F6N8O4. The van der Waals surface area contributed by atoms with E-state index in [0.717, 1.165) is 24.3 Å². The number of alkyl halides is 6. The van der Waals surface area contributed by atoms with Crippen molar-refractivity contribution in [2.75, 3.05) is 16.4 Å². The van der Waals surface area contributed by atoms with Crippen LogP contribution in [0.3, 0.4) is 0 Å². The summed E-state index contributed by atoms with van der Waals surface area (Å²) in [6.07, 6.45) is -6.24. The van der Waals surface area contributed by atoms with E-state index in [9.17, 15) is 46.0 Å². The number of nitrogens with one attached hydrogen (secondary N) is 2. The van der Waals surface area contributed by atoms with E-state index in [4.69, 9.17) is 5.73 Å². The molecule has 0 aliphatic heterocycles. The molecular weight excluding hydrogens is 674 g/mol. The summed E-state index contributed by atoms with van der Waals surface area (Å²) < 4.78 is 79.1. The van der Waals surface area contributed by atoms with Gasteiger partial charge in [0.15, 0.2) is 5.52 Å². The number of non-ortho nitro benzene ring substituents is 1. The number of para-hydroxylation sites is 2. The van der Waals surface area contributed by atoms with Gasteiger partial charge in [-0.25, -0.2) is 9.97 Å². The molecule has 12 nitrogen and oxygen atoms in total. The van der Waals surface area contributed by atoms with Crippen LogP contribution in [0.5, 0.6) is 0 Å². The van der Waals surface area contributed by atoms with E-state index in [1.165, 1.54) is 53.6 Å². The van der Waals surface area contributed by atoms with Gasteiger partial charge < -0.3 is 25.5 Å². The number of benzene rings is 4. The van der Waals surface area contributed by atoms with Crippen LogP contribution in [-0.2, 0) is 35.0 Å². The zero-order chi connectivity index (χ0) is 36.2. The molecule has 0 radical (unpaired) electrons. The number of amides is 2. The lowest BCUT2D eigenvalue weighted by molar-refractivity contribution is -0.383. The van der Waals surface area contributed by atoms with Crippen LogP contribution in [0.25, 0.3) is 22.1 Å². The number of anilines is 3. The third-order valence-electron chi connectivity index (χ3n) is 7.08. The van der Waals surface area contributed by atoms with Crippen molar-refractivity contribution in [3.05, 3.63) is 119 Å². The number of nitro benzene ring substituents is 1. The fourth-order valence-electron chi connectivity index (χ4n) is 4.84. The highest BCUT2D eigenvalue weighted by molar-refractivity contribution is 5.94. The zero-order valence-electron chi connectivity index (χ0n) is 25.4. The monoisotopic (exact) mass is 698 g/mol. The van der Waals surface area contributed by atoms with E-state index in [1.54, 1.807) is 28.8 Å². The molecule has 0 unspecified atom stereocenters. The molecule has 0 fully saturated rings. The van der Waals surface area contributed by atoms with Crippen molar-refractivity contribution in [2.45, 2.75) is 25.4 Å². The fraction of sp³-hybridized carbons (Fsp3) is 0.125. The van der Waals surface area contributed by atoms with E-state index in [1.807, 2.05) is 0 Å². The molecule has 0 spiro atoms. The summed E-state index contributed by atoms with van der Waals surface area (Å²) in [5.41, 5.74) is 6.23. The van der Waals surface area contributed by atoms with Gasteiger partial charge in [0, 0.05) is 17.4 Å². The van der Waals surface area contributed by atoms with Gasteiger partial charge in [-0.05, 0) is 54.6 Å². The number of nitrogen functional groups attached to an aromatic ring is 1. The number of halogens is 6. The van der Waals surface area contributed by atoms with Crippen LogP contribution in [0.4, 0.5) is 49.1 Å². The third-order valence-corrected chi connectivity index (χ3v) is 7.08. The predicted molar refractivity (Wildman–Crippen MR) is 171 cm³/mol. The van der Waals surface area contributed by atoms with Crippen LogP contribution < -0.4 is 16.4 Å². The second kappa shape index (κ2) is 14.0. The highest BCUT2D eigenvalue weighted by Crippen LogP contribution is 2.32. The maximum absolute atomic E-state index is 12.7. The maximum Gasteiger partial charge on any atom is 0.416 e. The van der Waals surface area contributed by atoms with Gasteiger partial charge in [-0.15, -0.1) is 0 Å². The number of nitro groups is 1. The predicted octanol–water partition coefficient (Wildman–Crippen LogP) is 6.88. The molecule has 4 aromatic carbocycles. The minimum Gasteiger partial charge on any atom is -0.397 e. The third kappa shape index (κ3) is 8.15. The number of aromatic nitrogens is 4. The minimum atomic E-state index is -4.51. The lowest BCUT2D eigenvalue weighted by Gasteiger charge is -2.10. The Morgan fingerprint density at radius 1 is 0.700 bits per heavy atom. The Hall–Kier alpha value is -6.46. The Bertz CT molecular complexity index is 2210. The van der Waals surface area contributed by atoms with Gasteiger partial charge in [0.1, 0.15) is 18.6 Å². The van der Waals surface area contributed by atoms with Crippen molar-refractivity contribution in [2.24, 2.45) is 0 Å². The first-order chi connectivity index (χ1) is 23.6. The number of carbonyl (C=O) groups excluding carboxylic acids is 2. The summed E-state index contributed by atoms with van der Waals surface area (Å²) in [6.45, 7) is -0.343. The highest BCUT2D eigenvalue weighted by Gasteiger charge is 2.31. The van der Waals surface area contributed by atoms with Crippen LogP contribution in [0, 0.1) is 10.1 Å². The van der Waals surface area contributed by atoms with Crippen molar-refractivity contribution < 1.29 is 40.9 Å². The molecule has 6 rings (SSSR count). The van der Waals surface area contributed by atoms with Crippen LogP contribution in [0.1, 0.15) is 11.1 Å². The summed E-state index contributed by atoms with van der Waals surface area (Å²) >= 11 is 0. The normalized spacial score (nSPS) is 11.6. The zero-order valence-corrected chi connectivity index (χ0v) is 25.4. The van der Waals surface area contributed by atoms with Gasteiger partial charge in [-0.2, -0.15) is 26.3 Å². The molecule has 2 aromatic heterocycles. The molecule has 6 aromatic rings. The summed E-state index contributed by atoms with van der Waals surface area (Å²) in [4.78, 5) is 42.7. The van der Waals surface area contributed by atoms with Crippen molar-refractivity contribution in [3.8, 4) is 0 Å². The SMILES string of the molecule is Nc1cccc2c1ncn2CC(=O)Nc1cccc(C(F)(F)F)c1.O=C(Cn1cnc2c([N+](=O)[O-])cccc21)Nc1cccc(C(F)(F)F)c1. The minimum absolute atomic E-state index is 0.000210. The quantitative estimate of drug-likeness (QED) is 0.0709. The Labute approximate surface area is 277 Å². The average molecular weight is 699 g/mol. The van der Waals surface area contributed by atoms with E-state index in [-0.39, 0.29) is 35.7 Å². The van der Waals surface area contributed by atoms with Crippen LogP contribution in [0.2, 0.25) is 0 Å². The van der Waals surface area contributed by atoms with Gasteiger partial charge in [-0.3, -0.25) is 19.7 Å². The first-order valence-corrected chi connectivity index (χ1v) is 14.3. The van der Waals surface area contributed by atoms with Gasteiger partial charge in [-0.1, -0.05) is 24.3 Å². The number of hydrogen-bond donors (Lipinski definition) is 3. The second-order valence-electron chi connectivity index (χ2n) is 10.6. The van der Waals surface area contributed by atoms with Crippen molar-refractivity contribution >= 4 is 56.6 Å².